The molecule has 154 valence electrons. The van der Waals surface area contributed by atoms with Crippen LogP contribution < -0.4 is 10.6 Å². The van der Waals surface area contributed by atoms with E-state index in [9.17, 15) is 0 Å². The molecule has 0 unspecified atom stereocenters. The first-order valence-corrected chi connectivity index (χ1v) is 11.8. The van der Waals surface area contributed by atoms with Gasteiger partial charge in [-0.25, -0.2) is 0 Å². The number of rotatable bonds is 8. The fourth-order valence-electron chi connectivity index (χ4n) is 4.58. The number of nitrogens with one attached hydrogen (secondary N) is 2. The van der Waals surface area contributed by atoms with Crippen LogP contribution in [0.5, 0.6) is 0 Å². The monoisotopic (exact) mass is 380 g/mol. The van der Waals surface area contributed by atoms with Crippen molar-refractivity contribution in [2.45, 2.75) is 103 Å². The van der Waals surface area contributed by atoms with Crippen LogP contribution in [0.2, 0.25) is 0 Å². The van der Waals surface area contributed by atoms with Crippen LogP contribution in [0.15, 0.2) is 24.3 Å². The summed E-state index contributed by atoms with van der Waals surface area (Å²) in [5.74, 6) is 0. The fraction of sp³-hybridized carbons (Fsp3) is 0.615. The molecule has 2 N–H and O–H groups in total. The highest BCUT2D eigenvalue weighted by molar-refractivity contribution is 5.79. The van der Waals surface area contributed by atoms with Gasteiger partial charge in [-0.1, -0.05) is 76.7 Å². The molecule has 2 aliphatic carbocycles. The summed E-state index contributed by atoms with van der Waals surface area (Å²) in [5.41, 5.74) is 5.28. The second kappa shape index (κ2) is 11.3. The number of hydrogen-bond acceptors (Lipinski definition) is 2. The molecule has 0 aromatic heterocycles. The van der Waals surface area contributed by atoms with Crippen LogP contribution in [0.1, 0.15) is 102 Å². The number of allylic oxidation sites excluding steroid dienone is 2. The molecule has 2 heteroatoms. The van der Waals surface area contributed by atoms with Gasteiger partial charge in [-0.05, 0) is 61.8 Å². The van der Waals surface area contributed by atoms with Crippen LogP contribution in [-0.2, 0) is 0 Å². The molecule has 2 saturated carbocycles. The summed E-state index contributed by atoms with van der Waals surface area (Å²) in [4.78, 5) is 0. The maximum absolute atomic E-state index is 3.90. The lowest BCUT2D eigenvalue weighted by molar-refractivity contribution is 0.461. The Labute approximate surface area is 172 Å². The van der Waals surface area contributed by atoms with E-state index in [4.69, 9.17) is 0 Å². The summed E-state index contributed by atoms with van der Waals surface area (Å²) in [7, 11) is 0. The first-order chi connectivity index (χ1) is 13.8. The highest BCUT2D eigenvalue weighted by Gasteiger charge is 2.18. The summed E-state index contributed by atoms with van der Waals surface area (Å²) < 4.78 is 0. The molecule has 0 heterocycles. The minimum absolute atomic E-state index is 0.627. The Morgan fingerprint density at radius 1 is 0.679 bits per heavy atom. The molecule has 0 saturated heterocycles. The molecule has 2 aliphatic rings. The third kappa shape index (κ3) is 6.15. The summed E-state index contributed by atoms with van der Waals surface area (Å²) in [5, 5.41) is 7.81. The Morgan fingerprint density at radius 3 is 1.50 bits per heavy atom. The molecule has 1 aromatic carbocycles. The second-order valence-electron chi connectivity index (χ2n) is 8.61. The van der Waals surface area contributed by atoms with Gasteiger partial charge < -0.3 is 10.6 Å². The highest BCUT2D eigenvalue weighted by Crippen LogP contribution is 2.32. The Bertz CT molecular complexity index is 593. The van der Waals surface area contributed by atoms with E-state index in [1.165, 1.54) is 86.7 Å². The molecule has 28 heavy (non-hydrogen) atoms. The van der Waals surface area contributed by atoms with Crippen LogP contribution in [0, 0.1) is 0 Å². The SMILES string of the molecule is CCC=Cc1cc(C=CCC)c(NC2CCCCC2)cc1NC1CCCCC1. The Kier molecular flexibility index (Phi) is 8.51. The molecule has 0 amide bonds. The summed E-state index contributed by atoms with van der Waals surface area (Å²) in [6.07, 6.45) is 24.8. The summed E-state index contributed by atoms with van der Waals surface area (Å²) in [6.45, 7) is 4.42. The lowest BCUT2D eigenvalue weighted by Crippen LogP contribution is -2.24. The molecule has 2 nitrogen and oxygen atoms in total. The van der Waals surface area contributed by atoms with Crippen LogP contribution in [0.25, 0.3) is 12.2 Å². The molecule has 0 atom stereocenters. The van der Waals surface area contributed by atoms with E-state index in [-0.39, 0.29) is 0 Å². The quantitative estimate of drug-likeness (QED) is 0.477. The molecule has 0 bridgehead atoms. The van der Waals surface area contributed by atoms with Gasteiger partial charge in [0.15, 0.2) is 0 Å². The van der Waals surface area contributed by atoms with Gasteiger partial charge in [0.25, 0.3) is 0 Å². The predicted molar refractivity (Wildman–Crippen MR) is 126 cm³/mol. The van der Waals surface area contributed by atoms with Crippen molar-refractivity contribution >= 4 is 23.5 Å². The van der Waals surface area contributed by atoms with Crippen molar-refractivity contribution in [3.63, 3.8) is 0 Å². The van der Waals surface area contributed by atoms with Crippen LogP contribution in [-0.4, -0.2) is 12.1 Å². The smallest absolute Gasteiger partial charge is 0.0436 e. The number of benzene rings is 1. The van der Waals surface area contributed by atoms with Crippen molar-refractivity contribution in [2.75, 3.05) is 10.6 Å². The van der Waals surface area contributed by atoms with Gasteiger partial charge in [0, 0.05) is 23.5 Å². The van der Waals surface area contributed by atoms with Crippen molar-refractivity contribution in [3.05, 3.63) is 35.4 Å². The summed E-state index contributed by atoms with van der Waals surface area (Å²) >= 11 is 0. The van der Waals surface area contributed by atoms with Gasteiger partial charge in [-0.15, -0.1) is 0 Å². The molecular weight excluding hydrogens is 340 g/mol. The molecule has 3 rings (SSSR count). The maximum atomic E-state index is 3.90. The van der Waals surface area contributed by atoms with Crippen LogP contribution in [0.3, 0.4) is 0 Å². The third-order valence-corrected chi connectivity index (χ3v) is 6.22. The molecular formula is C26H40N2. The van der Waals surface area contributed by atoms with E-state index in [1.807, 2.05) is 0 Å². The van der Waals surface area contributed by atoms with Crippen molar-refractivity contribution in [2.24, 2.45) is 0 Å². The Balaban J connectivity index is 1.90. The van der Waals surface area contributed by atoms with E-state index in [1.54, 1.807) is 0 Å². The normalized spacial score (nSPS) is 19.5. The average molecular weight is 381 g/mol. The molecule has 2 fully saturated rings. The highest BCUT2D eigenvalue weighted by atomic mass is 14.9. The van der Waals surface area contributed by atoms with Crippen molar-refractivity contribution in [1.29, 1.82) is 0 Å². The number of hydrogen-bond donors (Lipinski definition) is 2. The average Bonchev–Trinajstić information content (AvgIpc) is 2.74. The van der Waals surface area contributed by atoms with E-state index in [0.29, 0.717) is 12.1 Å². The molecule has 1 aromatic rings. The zero-order chi connectivity index (χ0) is 19.6. The van der Waals surface area contributed by atoms with Crippen molar-refractivity contribution < 1.29 is 0 Å². The van der Waals surface area contributed by atoms with Crippen molar-refractivity contribution in [3.8, 4) is 0 Å². The van der Waals surface area contributed by atoms with Gasteiger partial charge in [-0.2, -0.15) is 0 Å². The van der Waals surface area contributed by atoms with Gasteiger partial charge in [0.05, 0.1) is 0 Å². The summed E-state index contributed by atoms with van der Waals surface area (Å²) in [6, 6.07) is 6.03. The van der Waals surface area contributed by atoms with E-state index >= 15 is 0 Å². The largest absolute Gasteiger partial charge is 0.382 e. The lowest BCUT2D eigenvalue weighted by atomic mass is 9.93. The second-order valence-corrected chi connectivity index (χ2v) is 8.61. The van der Waals surface area contributed by atoms with Gasteiger partial charge in [0.2, 0.25) is 0 Å². The Hall–Kier alpha value is -1.70. The minimum Gasteiger partial charge on any atom is -0.382 e. The topological polar surface area (TPSA) is 24.1 Å². The molecule has 0 spiro atoms. The third-order valence-electron chi connectivity index (χ3n) is 6.22. The molecule has 0 aliphatic heterocycles. The molecule has 0 radical (unpaired) electrons. The van der Waals surface area contributed by atoms with E-state index < -0.39 is 0 Å². The van der Waals surface area contributed by atoms with E-state index in [2.05, 4.69) is 60.9 Å². The zero-order valence-electron chi connectivity index (χ0n) is 18.1. The zero-order valence-corrected chi connectivity index (χ0v) is 18.1. The van der Waals surface area contributed by atoms with E-state index in [0.717, 1.165) is 12.8 Å². The van der Waals surface area contributed by atoms with Gasteiger partial charge in [-0.3, -0.25) is 0 Å². The van der Waals surface area contributed by atoms with Crippen LogP contribution >= 0.6 is 0 Å². The number of anilines is 2. The standard InChI is InChI=1S/C26H40N2/c1-3-5-13-21-19-22(14-6-4-2)26(28-24-17-11-8-12-18-24)20-25(21)27-23-15-9-7-10-16-23/h5-6,13-14,19-20,23-24,27-28H,3-4,7-12,15-18H2,1-2H3. The van der Waals surface area contributed by atoms with Gasteiger partial charge in [0.1, 0.15) is 0 Å². The van der Waals surface area contributed by atoms with Gasteiger partial charge >= 0.3 is 0 Å². The predicted octanol–water partition coefficient (Wildman–Crippen LogP) is 8.02. The first kappa shape index (κ1) is 21.0. The van der Waals surface area contributed by atoms with Crippen molar-refractivity contribution in [1.82, 2.24) is 0 Å². The maximum Gasteiger partial charge on any atom is 0.0436 e. The fourth-order valence-corrected chi connectivity index (χ4v) is 4.58. The first-order valence-electron chi connectivity index (χ1n) is 11.8. The minimum atomic E-state index is 0.627. The Morgan fingerprint density at radius 2 is 1.11 bits per heavy atom. The lowest BCUT2D eigenvalue weighted by Gasteiger charge is -2.28. The van der Waals surface area contributed by atoms with Crippen LogP contribution in [0.4, 0.5) is 11.4 Å².